The molecule has 15 heavy (non-hydrogen) atoms. The Morgan fingerprint density at radius 3 is 2.27 bits per heavy atom. The number of benzene rings is 1. The van der Waals surface area contributed by atoms with Crippen molar-refractivity contribution in [3.05, 3.63) is 35.4 Å². The van der Waals surface area contributed by atoms with Crippen molar-refractivity contribution in [3.63, 3.8) is 0 Å². The molecule has 2 atom stereocenters. The van der Waals surface area contributed by atoms with Crippen LogP contribution in [0.4, 0.5) is 0 Å². The van der Waals surface area contributed by atoms with Crippen LogP contribution in [-0.2, 0) is 6.42 Å². The summed E-state index contributed by atoms with van der Waals surface area (Å²) in [5.41, 5.74) is 2.00. The third kappa shape index (κ3) is 3.52. The Morgan fingerprint density at radius 2 is 1.80 bits per heavy atom. The fourth-order valence-electron chi connectivity index (χ4n) is 1.46. The lowest BCUT2D eigenvalue weighted by molar-refractivity contribution is 0.0172. The van der Waals surface area contributed by atoms with Gasteiger partial charge in [0, 0.05) is 0 Å². The molecule has 0 fully saturated rings. The van der Waals surface area contributed by atoms with E-state index in [1.165, 1.54) is 5.56 Å². The minimum absolute atomic E-state index is 0.500. The topological polar surface area (TPSA) is 40.5 Å². The quantitative estimate of drug-likeness (QED) is 0.672. The molecule has 84 valence electrons. The highest BCUT2D eigenvalue weighted by Crippen LogP contribution is 2.19. The Labute approximate surface area is 96.4 Å². The van der Waals surface area contributed by atoms with Crippen molar-refractivity contribution in [3.8, 4) is 0 Å². The molecular weight excluding hydrogens is 208 g/mol. The van der Waals surface area contributed by atoms with Gasteiger partial charge in [-0.1, -0.05) is 31.2 Å². The predicted molar refractivity (Wildman–Crippen MR) is 65.3 cm³/mol. The summed E-state index contributed by atoms with van der Waals surface area (Å²) in [5, 5.41) is 19.4. The number of hydrogen-bond donors (Lipinski definition) is 3. The van der Waals surface area contributed by atoms with Crippen LogP contribution in [0.25, 0.3) is 0 Å². The number of aliphatic hydroxyl groups excluding tert-OH is 2. The van der Waals surface area contributed by atoms with Crippen LogP contribution in [0.15, 0.2) is 24.3 Å². The fraction of sp³-hybridized carbons (Fsp3) is 0.500. The van der Waals surface area contributed by atoms with E-state index in [0.717, 1.165) is 12.0 Å². The second-order valence-electron chi connectivity index (χ2n) is 3.62. The van der Waals surface area contributed by atoms with Crippen molar-refractivity contribution in [1.29, 1.82) is 0 Å². The van der Waals surface area contributed by atoms with E-state index in [0.29, 0.717) is 12.2 Å². The number of aryl methyl sites for hydroxylation is 1. The van der Waals surface area contributed by atoms with E-state index >= 15 is 0 Å². The molecule has 0 aliphatic carbocycles. The van der Waals surface area contributed by atoms with Crippen LogP contribution >= 0.6 is 12.6 Å². The first-order valence-electron chi connectivity index (χ1n) is 5.24. The summed E-state index contributed by atoms with van der Waals surface area (Å²) in [6.45, 7) is 2.08. The van der Waals surface area contributed by atoms with Crippen LogP contribution in [0.2, 0.25) is 0 Å². The van der Waals surface area contributed by atoms with E-state index in [4.69, 9.17) is 0 Å². The highest BCUT2D eigenvalue weighted by Gasteiger charge is 2.16. The van der Waals surface area contributed by atoms with E-state index in [1.807, 2.05) is 24.3 Å². The molecule has 2 nitrogen and oxygen atoms in total. The van der Waals surface area contributed by atoms with Crippen LogP contribution in [0, 0.1) is 0 Å². The second-order valence-corrected chi connectivity index (χ2v) is 4.07. The summed E-state index contributed by atoms with van der Waals surface area (Å²) >= 11 is 4.03. The SMILES string of the molecule is CCc1ccc(C(O)C(O)CCS)cc1. The molecule has 1 aromatic carbocycles. The minimum Gasteiger partial charge on any atom is -0.390 e. The smallest absolute Gasteiger partial charge is 0.105 e. The maximum Gasteiger partial charge on any atom is 0.105 e. The van der Waals surface area contributed by atoms with E-state index in [-0.39, 0.29) is 0 Å². The number of hydrogen-bond acceptors (Lipinski definition) is 3. The van der Waals surface area contributed by atoms with Crippen LogP contribution < -0.4 is 0 Å². The van der Waals surface area contributed by atoms with Crippen molar-refractivity contribution < 1.29 is 10.2 Å². The molecule has 0 amide bonds. The molecule has 3 heteroatoms. The first kappa shape index (κ1) is 12.6. The highest BCUT2D eigenvalue weighted by molar-refractivity contribution is 7.80. The summed E-state index contributed by atoms with van der Waals surface area (Å²) in [4.78, 5) is 0. The fourth-order valence-corrected chi connectivity index (χ4v) is 1.73. The molecular formula is C12H18O2S. The van der Waals surface area contributed by atoms with Crippen LogP contribution in [-0.4, -0.2) is 22.1 Å². The first-order valence-corrected chi connectivity index (χ1v) is 5.88. The van der Waals surface area contributed by atoms with Gasteiger partial charge in [0.1, 0.15) is 6.10 Å². The van der Waals surface area contributed by atoms with Crippen molar-refractivity contribution in [2.75, 3.05) is 5.75 Å². The Bertz CT molecular complexity index is 284. The van der Waals surface area contributed by atoms with E-state index in [1.54, 1.807) is 0 Å². The molecule has 1 aromatic rings. The monoisotopic (exact) mass is 226 g/mol. The van der Waals surface area contributed by atoms with Crippen molar-refractivity contribution in [1.82, 2.24) is 0 Å². The van der Waals surface area contributed by atoms with Crippen LogP contribution in [0.5, 0.6) is 0 Å². The number of rotatable bonds is 5. The normalized spacial score (nSPS) is 14.9. The van der Waals surface area contributed by atoms with Crippen LogP contribution in [0.1, 0.15) is 30.6 Å². The van der Waals surface area contributed by atoms with Gasteiger partial charge in [-0.15, -0.1) is 0 Å². The number of aliphatic hydroxyl groups is 2. The summed E-state index contributed by atoms with van der Waals surface area (Å²) in [5.74, 6) is 0.575. The molecule has 0 saturated heterocycles. The predicted octanol–water partition coefficient (Wildman–Crippen LogP) is 1.96. The Kier molecular flexibility index (Phi) is 5.15. The van der Waals surface area contributed by atoms with Gasteiger partial charge in [-0.2, -0.15) is 12.6 Å². The van der Waals surface area contributed by atoms with Gasteiger partial charge in [-0.3, -0.25) is 0 Å². The van der Waals surface area contributed by atoms with E-state index in [9.17, 15) is 10.2 Å². The Morgan fingerprint density at radius 1 is 1.20 bits per heavy atom. The largest absolute Gasteiger partial charge is 0.390 e. The zero-order valence-corrected chi connectivity index (χ0v) is 9.82. The molecule has 0 radical (unpaired) electrons. The van der Waals surface area contributed by atoms with Gasteiger partial charge in [-0.05, 0) is 29.7 Å². The zero-order valence-electron chi connectivity index (χ0n) is 8.93. The van der Waals surface area contributed by atoms with Crippen molar-refractivity contribution >= 4 is 12.6 Å². The van der Waals surface area contributed by atoms with Gasteiger partial charge in [0.05, 0.1) is 6.10 Å². The molecule has 0 aliphatic heterocycles. The maximum atomic E-state index is 9.80. The van der Waals surface area contributed by atoms with Crippen molar-refractivity contribution in [2.45, 2.75) is 32.0 Å². The lowest BCUT2D eigenvalue weighted by Gasteiger charge is -2.17. The van der Waals surface area contributed by atoms with Gasteiger partial charge >= 0.3 is 0 Å². The highest BCUT2D eigenvalue weighted by atomic mass is 32.1. The van der Waals surface area contributed by atoms with Gasteiger partial charge in [0.15, 0.2) is 0 Å². The first-order chi connectivity index (χ1) is 7.19. The average Bonchev–Trinajstić information content (AvgIpc) is 2.28. The number of thiol groups is 1. The molecule has 0 saturated carbocycles. The van der Waals surface area contributed by atoms with Crippen molar-refractivity contribution in [2.24, 2.45) is 0 Å². The van der Waals surface area contributed by atoms with E-state index in [2.05, 4.69) is 19.6 Å². The summed E-state index contributed by atoms with van der Waals surface area (Å²) < 4.78 is 0. The van der Waals surface area contributed by atoms with Crippen LogP contribution in [0.3, 0.4) is 0 Å². The lowest BCUT2D eigenvalue weighted by Crippen LogP contribution is -2.18. The van der Waals surface area contributed by atoms with Gasteiger partial charge < -0.3 is 10.2 Å². The second kappa shape index (κ2) is 6.16. The molecule has 0 spiro atoms. The maximum absolute atomic E-state index is 9.80. The molecule has 1 rings (SSSR count). The standard InChI is InChI=1S/C12H18O2S/c1-2-9-3-5-10(6-4-9)12(14)11(13)7-8-15/h3-6,11-15H,2,7-8H2,1H3. The zero-order chi connectivity index (χ0) is 11.3. The third-order valence-corrected chi connectivity index (χ3v) is 2.78. The minimum atomic E-state index is -0.803. The third-order valence-electron chi connectivity index (χ3n) is 2.52. The molecule has 0 aromatic heterocycles. The molecule has 2 unspecified atom stereocenters. The molecule has 2 N–H and O–H groups in total. The van der Waals surface area contributed by atoms with Gasteiger partial charge in [0.2, 0.25) is 0 Å². The summed E-state index contributed by atoms with van der Waals surface area (Å²) in [6, 6.07) is 7.69. The lowest BCUT2D eigenvalue weighted by atomic mass is 10.0. The van der Waals surface area contributed by atoms with Gasteiger partial charge in [-0.25, -0.2) is 0 Å². The van der Waals surface area contributed by atoms with Gasteiger partial charge in [0.25, 0.3) is 0 Å². The Balaban J connectivity index is 2.69. The Hall–Kier alpha value is -0.510. The van der Waals surface area contributed by atoms with E-state index < -0.39 is 12.2 Å². The molecule has 0 bridgehead atoms. The molecule has 0 heterocycles. The average molecular weight is 226 g/mol. The summed E-state index contributed by atoms with van der Waals surface area (Å²) in [6.07, 6.45) is -0.0481. The summed E-state index contributed by atoms with van der Waals surface area (Å²) in [7, 11) is 0. The molecule has 0 aliphatic rings.